The SMILES string of the molecule is CC(C)CCS(=O)(=O)Nc1ccc(S(=O)(=O)N(C)C2CCCCC2)cc1. The van der Waals surface area contributed by atoms with E-state index in [4.69, 9.17) is 0 Å². The van der Waals surface area contributed by atoms with Crippen LogP contribution in [0.4, 0.5) is 5.69 Å². The van der Waals surface area contributed by atoms with Crippen molar-refractivity contribution in [1.82, 2.24) is 4.31 Å². The van der Waals surface area contributed by atoms with E-state index < -0.39 is 20.0 Å². The standard InChI is InChI=1S/C18H30N2O4S2/c1-15(2)13-14-25(21,22)19-16-9-11-18(12-10-16)26(23,24)20(3)17-7-5-4-6-8-17/h9-12,15,17,19H,4-8,13-14H2,1-3H3. The van der Waals surface area contributed by atoms with Gasteiger partial charge in [0.25, 0.3) is 0 Å². The molecule has 148 valence electrons. The van der Waals surface area contributed by atoms with Gasteiger partial charge >= 0.3 is 0 Å². The van der Waals surface area contributed by atoms with E-state index in [-0.39, 0.29) is 16.7 Å². The topological polar surface area (TPSA) is 83.5 Å². The zero-order valence-corrected chi connectivity index (χ0v) is 17.4. The molecule has 0 aromatic heterocycles. The highest BCUT2D eigenvalue weighted by Gasteiger charge is 2.29. The molecule has 0 unspecified atom stereocenters. The zero-order valence-electron chi connectivity index (χ0n) is 15.8. The molecule has 1 N–H and O–H groups in total. The third kappa shape index (κ3) is 5.69. The second kappa shape index (κ2) is 8.71. The molecule has 1 fully saturated rings. The molecule has 1 aromatic carbocycles. The van der Waals surface area contributed by atoms with Gasteiger partial charge in [-0.2, -0.15) is 4.31 Å². The van der Waals surface area contributed by atoms with Crippen LogP contribution in [-0.4, -0.2) is 40.0 Å². The van der Waals surface area contributed by atoms with E-state index in [1.807, 2.05) is 13.8 Å². The van der Waals surface area contributed by atoms with Gasteiger partial charge in [0.2, 0.25) is 20.0 Å². The molecule has 1 aliphatic carbocycles. The lowest BCUT2D eigenvalue weighted by Crippen LogP contribution is -2.38. The summed E-state index contributed by atoms with van der Waals surface area (Å²) >= 11 is 0. The fraction of sp³-hybridized carbons (Fsp3) is 0.667. The van der Waals surface area contributed by atoms with Gasteiger partial charge in [-0.15, -0.1) is 0 Å². The van der Waals surface area contributed by atoms with Crippen molar-refractivity contribution in [1.29, 1.82) is 0 Å². The molecule has 8 heteroatoms. The first-order valence-corrected chi connectivity index (χ1v) is 12.3. The molecular weight excluding hydrogens is 372 g/mol. The summed E-state index contributed by atoms with van der Waals surface area (Å²) in [6, 6.07) is 6.00. The number of nitrogens with zero attached hydrogens (tertiary/aromatic N) is 1. The number of nitrogens with one attached hydrogen (secondary N) is 1. The predicted molar refractivity (Wildman–Crippen MR) is 105 cm³/mol. The smallest absolute Gasteiger partial charge is 0.243 e. The molecule has 0 bridgehead atoms. The highest BCUT2D eigenvalue weighted by molar-refractivity contribution is 7.92. The van der Waals surface area contributed by atoms with Gasteiger partial charge in [0.15, 0.2) is 0 Å². The number of benzene rings is 1. The molecule has 2 rings (SSSR count). The van der Waals surface area contributed by atoms with Crippen LogP contribution in [0.1, 0.15) is 52.4 Å². The van der Waals surface area contributed by atoms with Gasteiger partial charge in [-0.1, -0.05) is 33.1 Å². The molecule has 0 radical (unpaired) electrons. The first-order chi connectivity index (χ1) is 12.1. The van der Waals surface area contributed by atoms with Crippen LogP contribution in [0.15, 0.2) is 29.2 Å². The molecule has 0 saturated heterocycles. The van der Waals surface area contributed by atoms with Crippen LogP contribution < -0.4 is 4.72 Å². The molecule has 26 heavy (non-hydrogen) atoms. The second-order valence-corrected chi connectivity index (χ2v) is 11.3. The minimum atomic E-state index is -3.56. The van der Waals surface area contributed by atoms with Crippen molar-refractivity contribution in [2.75, 3.05) is 17.5 Å². The summed E-state index contributed by atoms with van der Waals surface area (Å²) in [5, 5.41) is 0. The Bertz CT molecular complexity index is 781. The van der Waals surface area contributed by atoms with Crippen molar-refractivity contribution in [3.63, 3.8) is 0 Å². The molecule has 1 aromatic rings. The van der Waals surface area contributed by atoms with Gasteiger partial charge in [-0.25, -0.2) is 16.8 Å². The lowest BCUT2D eigenvalue weighted by atomic mass is 9.96. The fourth-order valence-corrected chi connectivity index (χ4v) is 5.92. The Hall–Kier alpha value is -1.12. The summed E-state index contributed by atoms with van der Waals surface area (Å²) in [6.45, 7) is 3.94. The molecule has 0 spiro atoms. The van der Waals surface area contributed by atoms with Crippen LogP contribution in [0.2, 0.25) is 0 Å². The average Bonchev–Trinajstić information content (AvgIpc) is 2.60. The summed E-state index contributed by atoms with van der Waals surface area (Å²) in [7, 11) is -5.35. The van der Waals surface area contributed by atoms with Crippen LogP contribution in [0, 0.1) is 5.92 Å². The van der Waals surface area contributed by atoms with Gasteiger partial charge in [-0.05, 0) is 49.4 Å². The summed E-state index contributed by atoms with van der Waals surface area (Å²) in [4.78, 5) is 0.190. The minimum Gasteiger partial charge on any atom is -0.284 e. The summed E-state index contributed by atoms with van der Waals surface area (Å²) in [5.74, 6) is 0.351. The summed E-state index contributed by atoms with van der Waals surface area (Å²) in [5.41, 5.74) is 0.382. The molecule has 0 atom stereocenters. The van der Waals surface area contributed by atoms with E-state index in [1.54, 1.807) is 7.05 Å². The van der Waals surface area contributed by atoms with E-state index >= 15 is 0 Å². The van der Waals surface area contributed by atoms with Crippen molar-refractivity contribution in [2.45, 2.75) is 63.3 Å². The maximum absolute atomic E-state index is 12.8. The van der Waals surface area contributed by atoms with E-state index in [0.717, 1.165) is 32.1 Å². The zero-order chi connectivity index (χ0) is 19.4. The maximum Gasteiger partial charge on any atom is 0.243 e. The number of sulfonamides is 2. The molecule has 1 aliphatic rings. The minimum absolute atomic E-state index is 0.0444. The first-order valence-electron chi connectivity index (χ1n) is 9.20. The predicted octanol–water partition coefficient (Wildman–Crippen LogP) is 3.43. The van der Waals surface area contributed by atoms with Crippen molar-refractivity contribution in [3.8, 4) is 0 Å². The highest BCUT2D eigenvalue weighted by Crippen LogP contribution is 2.27. The molecule has 0 heterocycles. The third-order valence-electron chi connectivity index (χ3n) is 4.86. The largest absolute Gasteiger partial charge is 0.284 e. The first kappa shape index (κ1) is 21.2. The van der Waals surface area contributed by atoms with Crippen LogP contribution in [0.5, 0.6) is 0 Å². The number of hydrogen-bond acceptors (Lipinski definition) is 4. The Morgan fingerprint density at radius 2 is 1.62 bits per heavy atom. The average molecular weight is 403 g/mol. The van der Waals surface area contributed by atoms with Crippen LogP contribution in [-0.2, 0) is 20.0 Å². The van der Waals surface area contributed by atoms with E-state index in [0.29, 0.717) is 18.0 Å². The van der Waals surface area contributed by atoms with Gasteiger partial charge < -0.3 is 0 Å². The maximum atomic E-state index is 12.8. The van der Waals surface area contributed by atoms with Crippen molar-refractivity contribution < 1.29 is 16.8 Å². The number of hydrogen-bond donors (Lipinski definition) is 1. The van der Waals surface area contributed by atoms with Crippen molar-refractivity contribution in [3.05, 3.63) is 24.3 Å². The second-order valence-electron chi connectivity index (χ2n) is 7.44. The Labute approximate surface area is 158 Å². The third-order valence-corrected chi connectivity index (χ3v) is 8.10. The van der Waals surface area contributed by atoms with Crippen LogP contribution >= 0.6 is 0 Å². The highest BCUT2D eigenvalue weighted by atomic mass is 32.2. The molecule has 6 nitrogen and oxygen atoms in total. The van der Waals surface area contributed by atoms with Crippen molar-refractivity contribution >= 4 is 25.7 Å². The lowest BCUT2D eigenvalue weighted by Gasteiger charge is -2.30. The molecule has 0 amide bonds. The Kier molecular flexibility index (Phi) is 7.10. The van der Waals surface area contributed by atoms with Crippen LogP contribution in [0.25, 0.3) is 0 Å². The van der Waals surface area contributed by atoms with Crippen molar-refractivity contribution in [2.24, 2.45) is 5.92 Å². The summed E-state index contributed by atoms with van der Waals surface area (Å²) < 4.78 is 53.7. The monoisotopic (exact) mass is 402 g/mol. The van der Waals surface area contributed by atoms with Gasteiger partial charge in [0.1, 0.15) is 0 Å². The number of rotatable bonds is 8. The number of anilines is 1. The van der Waals surface area contributed by atoms with Crippen LogP contribution in [0.3, 0.4) is 0 Å². The van der Waals surface area contributed by atoms with E-state index in [1.165, 1.54) is 28.6 Å². The normalized spacial score (nSPS) is 17.0. The van der Waals surface area contributed by atoms with E-state index in [9.17, 15) is 16.8 Å². The fourth-order valence-electron chi connectivity index (χ4n) is 3.12. The van der Waals surface area contributed by atoms with Gasteiger partial charge in [0.05, 0.1) is 10.6 Å². The van der Waals surface area contributed by atoms with Gasteiger partial charge in [-0.3, -0.25) is 4.72 Å². The molecular formula is C18H30N2O4S2. The Balaban J connectivity index is 2.08. The Morgan fingerprint density at radius 3 is 2.15 bits per heavy atom. The van der Waals surface area contributed by atoms with Gasteiger partial charge in [0, 0.05) is 18.8 Å². The quantitative estimate of drug-likeness (QED) is 0.722. The Morgan fingerprint density at radius 1 is 1.04 bits per heavy atom. The summed E-state index contributed by atoms with van der Waals surface area (Å²) in [6.07, 6.45) is 5.64. The molecule has 1 saturated carbocycles. The van der Waals surface area contributed by atoms with E-state index in [2.05, 4.69) is 4.72 Å². The lowest BCUT2D eigenvalue weighted by molar-refractivity contribution is 0.286. The molecule has 0 aliphatic heterocycles.